The van der Waals surface area contributed by atoms with Crippen molar-refractivity contribution in [3.8, 4) is 0 Å². The standard InChI is InChI=1S/C6H4Cl2N2O/c1-3-4(6(8)11)5(7)10-2-9-3/h2H,1H3. The summed E-state index contributed by atoms with van der Waals surface area (Å²) in [6.07, 6.45) is 1.28. The molecule has 0 amide bonds. The molecule has 0 fully saturated rings. The van der Waals surface area contributed by atoms with Crippen LogP contribution in [0.2, 0.25) is 5.15 Å². The first-order chi connectivity index (χ1) is 5.13. The zero-order chi connectivity index (χ0) is 8.43. The Bertz CT molecular complexity index is 280. The van der Waals surface area contributed by atoms with E-state index in [0.717, 1.165) is 0 Å². The summed E-state index contributed by atoms with van der Waals surface area (Å²) in [7, 11) is 0. The normalized spacial score (nSPS) is 9.73. The zero-order valence-electron chi connectivity index (χ0n) is 5.64. The van der Waals surface area contributed by atoms with Gasteiger partial charge in [-0.15, -0.1) is 0 Å². The fourth-order valence-corrected chi connectivity index (χ4v) is 1.21. The molecule has 1 aromatic rings. The number of halogens is 2. The molecule has 58 valence electrons. The van der Waals surface area contributed by atoms with E-state index in [9.17, 15) is 4.79 Å². The van der Waals surface area contributed by atoms with E-state index in [1.54, 1.807) is 6.92 Å². The van der Waals surface area contributed by atoms with Gasteiger partial charge >= 0.3 is 0 Å². The SMILES string of the molecule is Cc1ncnc(Cl)c1C(=O)Cl. The Morgan fingerprint density at radius 3 is 2.55 bits per heavy atom. The Balaban J connectivity index is 3.32. The van der Waals surface area contributed by atoms with Gasteiger partial charge < -0.3 is 0 Å². The lowest BCUT2D eigenvalue weighted by atomic mass is 10.3. The summed E-state index contributed by atoms with van der Waals surface area (Å²) in [6.45, 7) is 1.64. The van der Waals surface area contributed by atoms with Crippen molar-refractivity contribution >= 4 is 28.4 Å². The highest BCUT2D eigenvalue weighted by Gasteiger charge is 2.11. The summed E-state index contributed by atoms with van der Waals surface area (Å²) in [4.78, 5) is 18.1. The molecular formula is C6H4Cl2N2O. The van der Waals surface area contributed by atoms with Gasteiger partial charge in [0.05, 0.1) is 11.3 Å². The van der Waals surface area contributed by atoms with Crippen LogP contribution in [-0.2, 0) is 0 Å². The average molecular weight is 191 g/mol. The second kappa shape index (κ2) is 3.15. The molecule has 0 aliphatic rings. The molecule has 3 nitrogen and oxygen atoms in total. The second-order valence-corrected chi connectivity index (χ2v) is 2.60. The van der Waals surface area contributed by atoms with E-state index in [0.29, 0.717) is 5.69 Å². The third-order valence-electron chi connectivity index (χ3n) is 1.19. The van der Waals surface area contributed by atoms with E-state index in [1.807, 2.05) is 0 Å². The van der Waals surface area contributed by atoms with Crippen molar-refractivity contribution < 1.29 is 4.79 Å². The minimum Gasteiger partial charge on any atom is -0.275 e. The predicted octanol–water partition coefficient (Wildman–Crippen LogP) is 1.82. The van der Waals surface area contributed by atoms with Crippen molar-refractivity contribution in [3.05, 3.63) is 22.7 Å². The molecule has 0 aliphatic carbocycles. The first-order valence-electron chi connectivity index (χ1n) is 2.80. The van der Waals surface area contributed by atoms with Crippen molar-refractivity contribution in [2.45, 2.75) is 6.92 Å². The van der Waals surface area contributed by atoms with Crippen molar-refractivity contribution in [2.75, 3.05) is 0 Å². The van der Waals surface area contributed by atoms with E-state index in [2.05, 4.69) is 9.97 Å². The summed E-state index contributed by atoms with van der Waals surface area (Å²) >= 11 is 10.8. The molecule has 0 spiro atoms. The molecule has 0 atom stereocenters. The molecule has 0 bridgehead atoms. The van der Waals surface area contributed by atoms with E-state index in [1.165, 1.54) is 6.33 Å². The third kappa shape index (κ3) is 1.67. The highest BCUT2D eigenvalue weighted by molar-refractivity contribution is 6.68. The third-order valence-corrected chi connectivity index (χ3v) is 1.66. The Morgan fingerprint density at radius 1 is 1.55 bits per heavy atom. The summed E-state index contributed by atoms with van der Waals surface area (Å²) in [5, 5.41) is -0.536. The molecule has 5 heteroatoms. The quantitative estimate of drug-likeness (QED) is 0.502. The Hall–Kier alpha value is -0.670. The molecule has 0 unspecified atom stereocenters. The lowest BCUT2D eigenvalue weighted by Crippen LogP contribution is -1.99. The molecule has 0 saturated carbocycles. The van der Waals surface area contributed by atoms with E-state index in [4.69, 9.17) is 23.2 Å². The number of rotatable bonds is 1. The number of carbonyl (C=O) groups is 1. The van der Waals surface area contributed by atoms with Gasteiger partial charge in [-0.25, -0.2) is 9.97 Å². The summed E-state index contributed by atoms with van der Waals surface area (Å²) in [6, 6.07) is 0. The Kier molecular flexibility index (Phi) is 2.42. The maximum absolute atomic E-state index is 10.7. The first-order valence-corrected chi connectivity index (χ1v) is 3.55. The first kappa shape index (κ1) is 8.43. The molecule has 1 aromatic heterocycles. The summed E-state index contributed by atoms with van der Waals surface area (Å²) in [5.41, 5.74) is 0.667. The van der Waals surface area contributed by atoms with Crippen LogP contribution in [0.4, 0.5) is 0 Å². The number of nitrogens with zero attached hydrogens (tertiary/aromatic N) is 2. The van der Waals surface area contributed by atoms with Gasteiger partial charge in [-0.3, -0.25) is 4.79 Å². The second-order valence-electron chi connectivity index (χ2n) is 1.90. The number of hydrogen-bond acceptors (Lipinski definition) is 3. The van der Waals surface area contributed by atoms with Gasteiger partial charge in [0, 0.05) is 0 Å². The molecule has 1 heterocycles. The lowest BCUT2D eigenvalue weighted by Gasteiger charge is -1.98. The summed E-state index contributed by atoms with van der Waals surface area (Å²) in [5.74, 6) is 0. The maximum atomic E-state index is 10.7. The topological polar surface area (TPSA) is 42.9 Å². The molecule has 1 rings (SSSR count). The number of aromatic nitrogens is 2. The Morgan fingerprint density at radius 2 is 2.18 bits per heavy atom. The zero-order valence-corrected chi connectivity index (χ0v) is 7.15. The van der Waals surface area contributed by atoms with Crippen molar-refractivity contribution in [1.29, 1.82) is 0 Å². The minimum absolute atomic E-state index is 0.0949. The van der Waals surface area contributed by atoms with Crippen LogP contribution in [-0.4, -0.2) is 15.2 Å². The van der Waals surface area contributed by atoms with Gasteiger partial charge in [0.1, 0.15) is 11.5 Å². The Labute approximate surface area is 73.4 Å². The minimum atomic E-state index is -0.631. The van der Waals surface area contributed by atoms with E-state index in [-0.39, 0.29) is 10.7 Å². The molecular weight excluding hydrogens is 187 g/mol. The monoisotopic (exact) mass is 190 g/mol. The molecule has 0 aromatic carbocycles. The molecule has 11 heavy (non-hydrogen) atoms. The van der Waals surface area contributed by atoms with Crippen LogP contribution in [0.3, 0.4) is 0 Å². The van der Waals surface area contributed by atoms with Gasteiger partial charge in [0.2, 0.25) is 0 Å². The van der Waals surface area contributed by atoms with Gasteiger partial charge in [-0.2, -0.15) is 0 Å². The highest BCUT2D eigenvalue weighted by atomic mass is 35.5. The molecule has 0 radical (unpaired) electrons. The van der Waals surface area contributed by atoms with E-state index < -0.39 is 5.24 Å². The number of hydrogen-bond donors (Lipinski definition) is 0. The molecule has 0 N–H and O–H groups in total. The smallest absolute Gasteiger partial charge is 0.257 e. The van der Waals surface area contributed by atoms with Crippen molar-refractivity contribution in [3.63, 3.8) is 0 Å². The molecule has 0 saturated heterocycles. The largest absolute Gasteiger partial charge is 0.275 e. The lowest BCUT2D eigenvalue weighted by molar-refractivity contribution is 0.108. The van der Waals surface area contributed by atoms with Gasteiger partial charge in [-0.05, 0) is 18.5 Å². The average Bonchev–Trinajstić information content (AvgIpc) is 1.85. The van der Waals surface area contributed by atoms with Crippen molar-refractivity contribution in [2.24, 2.45) is 0 Å². The van der Waals surface area contributed by atoms with Gasteiger partial charge in [0.25, 0.3) is 5.24 Å². The highest BCUT2D eigenvalue weighted by Crippen LogP contribution is 2.16. The predicted molar refractivity (Wildman–Crippen MR) is 42.0 cm³/mol. The van der Waals surface area contributed by atoms with Crippen LogP contribution < -0.4 is 0 Å². The maximum Gasteiger partial charge on any atom is 0.257 e. The fourth-order valence-electron chi connectivity index (χ4n) is 0.668. The van der Waals surface area contributed by atoms with Crippen LogP contribution in [0.15, 0.2) is 6.33 Å². The van der Waals surface area contributed by atoms with E-state index >= 15 is 0 Å². The molecule has 0 aliphatic heterocycles. The summed E-state index contributed by atoms with van der Waals surface area (Å²) < 4.78 is 0. The van der Waals surface area contributed by atoms with Crippen LogP contribution in [0.25, 0.3) is 0 Å². The van der Waals surface area contributed by atoms with Crippen LogP contribution in [0.1, 0.15) is 16.1 Å². The van der Waals surface area contributed by atoms with Gasteiger partial charge in [-0.1, -0.05) is 11.6 Å². The van der Waals surface area contributed by atoms with Crippen LogP contribution in [0.5, 0.6) is 0 Å². The van der Waals surface area contributed by atoms with Gasteiger partial charge in [0.15, 0.2) is 0 Å². The fraction of sp³-hybridized carbons (Fsp3) is 0.167. The number of carbonyl (C=O) groups excluding carboxylic acids is 1. The number of aryl methyl sites for hydroxylation is 1. The van der Waals surface area contributed by atoms with Crippen LogP contribution >= 0.6 is 23.2 Å². The van der Waals surface area contributed by atoms with Crippen LogP contribution in [0, 0.1) is 6.92 Å². The van der Waals surface area contributed by atoms with Crippen molar-refractivity contribution in [1.82, 2.24) is 9.97 Å².